The number of thioether (sulfide) groups is 2. The molecular formula is C23H26N2O4S2. The van der Waals surface area contributed by atoms with Gasteiger partial charge >= 0.3 is 0 Å². The zero-order valence-corrected chi connectivity index (χ0v) is 19.4. The van der Waals surface area contributed by atoms with E-state index in [0.717, 1.165) is 43.9 Å². The Bertz CT molecular complexity index is 905. The van der Waals surface area contributed by atoms with Gasteiger partial charge in [-0.1, -0.05) is 0 Å². The van der Waals surface area contributed by atoms with Gasteiger partial charge in [-0.2, -0.15) is 0 Å². The normalized spacial score (nSPS) is 15.9. The zero-order valence-electron chi connectivity index (χ0n) is 17.8. The average Bonchev–Trinajstić information content (AvgIpc) is 3.13. The van der Waals surface area contributed by atoms with E-state index in [1.54, 1.807) is 47.5 Å². The predicted octanol–water partition coefficient (Wildman–Crippen LogP) is 3.66. The minimum absolute atomic E-state index is 0.103. The van der Waals surface area contributed by atoms with Crippen LogP contribution in [0, 0.1) is 0 Å². The third kappa shape index (κ3) is 5.13. The topological polar surface area (TPSA) is 59.1 Å². The Morgan fingerprint density at radius 1 is 0.806 bits per heavy atom. The van der Waals surface area contributed by atoms with Crippen molar-refractivity contribution in [1.82, 2.24) is 9.80 Å². The second-order valence-electron chi connectivity index (χ2n) is 7.45. The van der Waals surface area contributed by atoms with E-state index in [-0.39, 0.29) is 18.2 Å². The highest BCUT2D eigenvalue weighted by atomic mass is 32.2. The average molecular weight is 459 g/mol. The summed E-state index contributed by atoms with van der Waals surface area (Å²) in [6.45, 7) is 2.26. The summed E-state index contributed by atoms with van der Waals surface area (Å²) in [5, 5.41) is 0. The summed E-state index contributed by atoms with van der Waals surface area (Å²) in [6.07, 6.45) is -0.103. The number of methoxy groups -OCH3 is 2. The molecule has 31 heavy (non-hydrogen) atoms. The Kier molecular flexibility index (Phi) is 6.97. The van der Waals surface area contributed by atoms with Crippen LogP contribution in [-0.2, 0) is 22.7 Å². The Balaban J connectivity index is 1.43. The van der Waals surface area contributed by atoms with Crippen molar-refractivity contribution in [3.8, 4) is 11.5 Å². The fourth-order valence-corrected chi connectivity index (χ4v) is 5.78. The van der Waals surface area contributed by atoms with Crippen LogP contribution in [0.25, 0.3) is 0 Å². The van der Waals surface area contributed by atoms with Crippen LogP contribution in [0.1, 0.15) is 17.5 Å². The van der Waals surface area contributed by atoms with E-state index >= 15 is 0 Å². The first-order chi connectivity index (χ1) is 15.1. The van der Waals surface area contributed by atoms with Gasteiger partial charge in [0.15, 0.2) is 0 Å². The first kappa shape index (κ1) is 21.9. The first-order valence-electron chi connectivity index (χ1n) is 10.2. The molecule has 0 saturated carbocycles. The maximum atomic E-state index is 13.0. The number of fused-ring (bicyclic) bond motifs is 2. The third-order valence-electron chi connectivity index (χ3n) is 5.50. The van der Waals surface area contributed by atoms with E-state index in [1.807, 2.05) is 36.4 Å². The number of nitrogens with zero attached hydrogens (tertiary/aromatic N) is 2. The number of carbonyl (C=O) groups is 2. The Morgan fingerprint density at radius 2 is 1.26 bits per heavy atom. The predicted molar refractivity (Wildman–Crippen MR) is 123 cm³/mol. The van der Waals surface area contributed by atoms with Gasteiger partial charge in [-0.3, -0.25) is 9.59 Å². The van der Waals surface area contributed by atoms with Crippen LogP contribution in [0.4, 0.5) is 0 Å². The van der Waals surface area contributed by atoms with E-state index in [4.69, 9.17) is 9.47 Å². The van der Waals surface area contributed by atoms with Crippen molar-refractivity contribution >= 4 is 35.3 Å². The maximum absolute atomic E-state index is 13.0. The molecule has 2 amide bonds. The summed E-state index contributed by atoms with van der Waals surface area (Å²) >= 11 is 3.47. The number of carbonyl (C=O) groups excluding carboxylic acids is 2. The van der Waals surface area contributed by atoms with Crippen LogP contribution in [0.3, 0.4) is 0 Å². The quantitative estimate of drug-likeness (QED) is 0.652. The van der Waals surface area contributed by atoms with Crippen molar-refractivity contribution in [3.05, 3.63) is 47.5 Å². The molecule has 0 atom stereocenters. The first-order valence-corrected chi connectivity index (χ1v) is 12.2. The van der Waals surface area contributed by atoms with Gasteiger partial charge in [-0.05, 0) is 47.5 Å². The Morgan fingerprint density at radius 3 is 1.68 bits per heavy atom. The molecule has 0 spiro atoms. The van der Waals surface area contributed by atoms with Gasteiger partial charge in [0, 0.05) is 47.5 Å². The minimum atomic E-state index is -0.121. The van der Waals surface area contributed by atoms with Crippen molar-refractivity contribution < 1.29 is 19.1 Å². The number of rotatable bonds is 4. The van der Waals surface area contributed by atoms with Crippen LogP contribution in [0.5, 0.6) is 11.5 Å². The van der Waals surface area contributed by atoms with Crippen molar-refractivity contribution in [3.63, 3.8) is 0 Å². The van der Waals surface area contributed by atoms with Crippen LogP contribution in [-0.4, -0.2) is 60.4 Å². The maximum Gasteiger partial charge on any atom is 0.232 e. The van der Waals surface area contributed by atoms with Crippen LogP contribution >= 0.6 is 23.5 Å². The molecule has 2 heterocycles. The van der Waals surface area contributed by atoms with Gasteiger partial charge in [0.1, 0.15) is 17.9 Å². The van der Waals surface area contributed by atoms with E-state index in [9.17, 15) is 9.59 Å². The van der Waals surface area contributed by atoms with Gasteiger partial charge in [0.2, 0.25) is 11.8 Å². The van der Waals surface area contributed by atoms with Crippen LogP contribution in [0.2, 0.25) is 0 Å². The van der Waals surface area contributed by atoms with Gasteiger partial charge in [0.25, 0.3) is 0 Å². The molecule has 2 aromatic carbocycles. The van der Waals surface area contributed by atoms with Crippen molar-refractivity contribution in [2.24, 2.45) is 0 Å². The lowest BCUT2D eigenvalue weighted by Crippen LogP contribution is -2.38. The molecule has 0 unspecified atom stereocenters. The SMILES string of the molecule is COc1ccc2c(c1)CN(C(=O)CC(=O)N1CCSc3ccc(OC)cc3C1)CCS2. The number of hydrogen-bond acceptors (Lipinski definition) is 6. The minimum Gasteiger partial charge on any atom is -0.497 e. The molecule has 0 aromatic heterocycles. The molecule has 0 aliphatic carbocycles. The number of ether oxygens (including phenoxy) is 2. The number of amides is 2. The second-order valence-corrected chi connectivity index (χ2v) is 9.73. The zero-order chi connectivity index (χ0) is 21.8. The summed E-state index contributed by atoms with van der Waals surface area (Å²) in [7, 11) is 3.28. The smallest absolute Gasteiger partial charge is 0.232 e. The molecule has 6 nitrogen and oxygen atoms in total. The van der Waals surface area contributed by atoms with Gasteiger partial charge < -0.3 is 19.3 Å². The Hall–Kier alpha value is -2.32. The molecule has 0 radical (unpaired) electrons. The molecule has 0 fully saturated rings. The molecule has 2 aliphatic rings. The van der Waals surface area contributed by atoms with E-state index < -0.39 is 0 Å². The van der Waals surface area contributed by atoms with Crippen molar-refractivity contribution in [1.29, 1.82) is 0 Å². The fraction of sp³-hybridized carbons (Fsp3) is 0.391. The summed E-state index contributed by atoms with van der Waals surface area (Å²) in [5.74, 6) is 2.94. The highest BCUT2D eigenvalue weighted by Gasteiger charge is 2.26. The molecule has 0 bridgehead atoms. The standard InChI is InChI=1S/C23H26N2O4S2/c1-28-18-3-5-20-16(11-18)14-24(7-9-30-20)22(26)13-23(27)25-8-10-31-21-6-4-19(29-2)12-17(21)15-25/h3-6,11-12H,7-10,13-15H2,1-2H3. The molecule has 2 aliphatic heterocycles. The molecule has 164 valence electrons. The molecule has 2 aromatic rings. The van der Waals surface area contributed by atoms with Gasteiger partial charge in [-0.15, -0.1) is 23.5 Å². The Labute approximate surface area is 191 Å². The lowest BCUT2D eigenvalue weighted by atomic mass is 10.1. The third-order valence-corrected chi connectivity index (χ3v) is 7.70. The van der Waals surface area contributed by atoms with Crippen molar-refractivity contribution in [2.75, 3.05) is 38.8 Å². The van der Waals surface area contributed by atoms with E-state index in [2.05, 4.69) is 0 Å². The highest BCUT2D eigenvalue weighted by Crippen LogP contribution is 2.32. The monoisotopic (exact) mass is 458 g/mol. The number of hydrogen-bond donors (Lipinski definition) is 0. The number of benzene rings is 2. The van der Waals surface area contributed by atoms with Gasteiger partial charge in [0.05, 0.1) is 14.2 Å². The molecule has 0 saturated heterocycles. The fourth-order valence-electron chi connectivity index (χ4n) is 3.77. The lowest BCUT2D eigenvalue weighted by molar-refractivity contribution is -0.141. The van der Waals surface area contributed by atoms with E-state index in [0.29, 0.717) is 26.2 Å². The van der Waals surface area contributed by atoms with E-state index in [1.165, 1.54) is 0 Å². The summed E-state index contributed by atoms with van der Waals surface area (Å²) in [6, 6.07) is 11.9. The summed E-state index contributed by atoms with van der Waals surface area (Å²) in [5.41, 5.74) is 2.13. The summed E-state index contributed by atoms with van der Waals surface area (Å²) in [4.78, 5) is 31.9. The highest BCUT2D eigenvalue weighted by molar-refractivity contribution is 7.99. The van der Waals surface area contributed by atoms with Crippen LogP contribution < -0.4 is 9.47 Å². The van der Waals surface area contributed by atoms with Crippen molar-refractivity contribution in [2.45, 2.75) is 29.3 Å². The molecule has 0 N–H and O–H groups in total. The van der Waals surface area contributed by atoms with Gasteiger partial charge in [-0.25, -0.2) is 0 Å². The molecule has 4 rings (SSSR count). The molecular weight excluding hydrogens is 432 g/mol. The molecule has 8 heteroatoms. The second kappa shape index (κ2) is 9.87. The summed E-state index contributed by atoms with van der Waals surface area (Å²) < 4.78 is 10.7. The lowest BCUT2D eigenvalue weighted by Gasteiger charge is -2.24. The largest absolute Gasteiger partial charge is 0.497 e. The van der Waals surface area contributed by atoms with Crippen LogP contribution in [0.15, 0.2) is 46.2 Å².